The third-order valence-electron chi connectivity index (χ3n) is 3.63. The first-order chi connectivity index (χ1) is 10.9. The largest absolute Gasteiger partial charge is 0.360 e. The quantitative estimate of drug-likeness (QED) is 0.719. The fraction of sp³-hybridized carbons (Fsp3) is 0.769. The van der Waals surface area contributed by atoms with E-state index in [4.69, 9.17) is 0 Å². The molecule has 10 heteroatoms. The van der Waals surface area contributed by atoms with Gasteiger partial charge in [0.25, 0.3) is 0 Å². The zero-order valence-electron chi connectivity index (χ0n) is 13.5. The molecule has 2 atom stereocenters. The number of carbonyl (C=O) groups is 1. The third-order valence-corrected chi connectivity index (χ3v) is 7.44. The van der Waals surface area contributed by atoms with E-state index in [0.29, 0.717) is 13.0 Å². The molecule has 2 heterocycles. The van der Waals surface area contributed by atoms with Crippen LogP contribution in [0.25, 0.3) is 0 Å². The first-order valence-electron chi connectivity index (χ1n) is 7.61. The molecule has 2 rings (SSSR count). The van der Waals surface area contributed by atoms with Crippen molar-refractivity contribution in [1.29, 1.82) is 0 Å². The van der Waals surface area contributed by atoms with Crippen molar-refractivity contribution in [3.63, 3.8) is 0 Å². The molecule has 1 amide bonds. The van der Waals surface area contributed by atoms with Gasteiger partial charge in [0.05, 0.1) is 16.8 Å². The summed E-state index contributed by atoms with van der Waals surface area (Å²) in [7, 11) is -3.00. The second-order valence-corrected chi connectivity index (χ2v) is 10.1. The van der Waals surface area contributed by atoms with Gasteiger partial charge in [-0.05, 0) is 27.2 Å². The Bertz CT molecular complexity index is 647. The summed E-state index contributed by atoms with van der Waals surface area (Å²) in [6, 6.07) is -0.202. The molecule has 23 heavy (non-hydrogen) atoms. The lowest BCUT2D eigenvalue weighted by Gasteiger charge is -2.29. The van der Waals surface area contributed by atoms with E-state index in [-0.39, 0.29) is 28.7 Å². The molecule has 0 spiro atoms. The zero-order valence-corrected chi connectivity index (χ0v) is 15.9. The monoisotopic (exact) mass is 378 g/mol. The molecule has 0 radical (unpaired) electrons. The number of amides is 1. The molecule has 0 aromatic carbocycles. The summed E-state index contributed by atoms with van der Waals surface area (Å²) in [6.45, 7) is 6.98. The van der Waals surface area contributed by atoms with Crippen molar-refractivity contribution < 1.29 is 13.2 Å². The highest BCUT2D eigenvalue weighted by Crippen LogP contribution is 2.30. The van der Waals surface area contributed by atoms with Crippen molar-refractivity contribution in [2.45, 2.75) is 42.8 Å². The normalized spacial score (nSPS) is 21.1. The van der Waals surface area contributed by atoms with Crippen LogP contribution in [0.1, 0.15) is 27.2 Å². The van der Waals surface area contributed by atoms with Gasteiger partial charge in [-0.3, -0.25) is 4.79 Å². The fourth-order valence-corrected chi connectivity index (χ4v) is 6.30. The van der Waals surface area contributed by atoms with Gasteiger partial charge in [0.15, 0.2) is 14.2 Å². The number of hydrogen-bond acceptors (Lipinski definition) is 8. The van der Waals surface area contributed by atoms with Gasteiger partial charge in [-0.15, -0.1) is 10.2 Å². The average Bonchev–Trinajstić information content (AvgIpc) is 3.06. The molecule has 0 saturated carbocycles. The van der Waals surface area contributed by atoms with Crippen LogP contribution in [0.5, 0.6) is 0 Å². The van der Waals surface area contributed by atoms with Crippen molar-refractivity contribution in [2.75, 3.05) is 29.9 Å². The van der Waals surface area contributed by atoms with Crippen LogP contribution in [-0.4, -0.2) is 65.3 Å². The maximum Gasteiger partial charge on any atom is 0.236 e. The molecular weight excluding hydrogens is 356 g/mol. The number of nitrogens with zero attached hydrogens (tertiary/aromatic N) is 3. The Balaban J connectivity index is 1.99. The Morgan fingerprint density at radius 1 is 1.48 bits per heavy atom. The summed E-state index contributed by atoms with van der Waals surface area (Å²) in [5.74, 6) is 0.207. The summed E-state index contributed by atoms with van der Waals surface area (Å²) >= 11 is 2.78. The molecule has 130 valence electrons. The van der Waals surface area contributed by atoms with Crippen LogP contribution >= 0.6 is 23.1 Å². The molecule has 1 fully saturated rings. The Morgan fingerprint density at radius 2 is 2.22 bits per heavy atom. The van der Waals surface area contributed by atoms with Crippen molar-refractivity contribution in [1.82, 2.24) is 15.1 Å². The highest BCUT2D eigenvalue weighted by molar-refractivity contribution is 8.02. The van der Waals surface area contributed by atoms with E-state index in [1.165, 1.54) is 23.1 Å². The minimum atomic E-state index is -3.00. The van der Waals surface area contributed by atoms with Crippen LogP contribution in [-0.2, 0) is 14.6 Å². The van der Waals surface area contributed by atoms with E-state index in [9.17, 15) is 13.2 Å². The molecule has 1 saturated heterocycles. The lowest BCUT2D eigenvalue weighted by Crippen LogP contribution is -2.44. The summed E-state index contributed by atoms with van der Waals surface area (Å²) in [4.78, 5) is 14.3. The maximum atomic E-state index is 12.7. The molecular formula is C13H22N4O3S3. The smallest absolute Gasteiger partial charge is 0.236 e. The molecule has 1 aliphatic heterocycles. The second kappa shape index (κ2) is 7.80. The maximum absolute atomic E-state index is 12.7. The Morgan fingerprint density at radius 3 is 2.78 bits per heavy atom. The van der Waals surface area contributed by atoms with Gasteiger partial charge in [-0.25, -0.2) is 8.42 Å². The van der Waals surface area contributed by atoms with Crippen LogP contribution in [0.3, 0.4) is 0 Å². The van der Waals surface area contributed by atoms with Gasteiger partial charge in [0, 0.05) is 19.1 Å². The van der Waals surface area contributed by atoms with Crippen LogP contribution in [0.4, 0.5) is 5.13 Å². The molecule has 7 nitrogen and oxygen atoms in total. The zero-order chi connectivity index (χ0) is 17.0. The fourth-order valence-electron chi connectivity index (χ4n) is 2.53. The van der Waals surface area contributed by atoms with Gasteiger partial charge >= 0.3 is 0 Å². The van der Waals surface area contributed by atoms with Gasteiger partial charge in [-0.2, -0.15) is 0 Å². The number of aromatic nitrogens is 2. The van der Waals surface area contributed by atoms with Gasteiger partial charge in [-0.1, -0.05) is 23.1 Å². The summed E-state index contributed by atoms with van der Waals surface area (Å²) in [5.41, 5.74) is 0. The molecule has 0 unspecified atom stereocenters. The Labute approximate surface area is 145 Å². The van der Waals surface area contributed by atoms with Crippen LogP contribution in [0.15, 0.2) is 4.34 Å². The second-order valence-electron chi connectivity index (χ2n) is 5.34. The van der Waals surface area contributed by atoms with Gasteiger partial charge in [0.2, 0.25) is 11.0 Å². The lowest BCUT2D eigenvalue weighted by molar-refractivity contribution is -0.131. The van der Waals surface area contributed by atoms with Crippen LogP contribution < -0.4 is 5.32 Å². The number of nitrogens with one attached hydrogen (secondary N) is 1. The Kier molecular flexibility index (Phi) is 6.26. The van der Waals surface area contributed by atoms with Gasteiger partial charge in [0.1, 0.15) is 0 Å². The topological polar surface area (TPSA) is 92.3 Å². The first kappa shape index (κ1) is 18.5. The number of rotatable bonds is 7. The van der Waals surface area contributed by atoms with E-state index in [1.54, 1.807) is 4.90 Å². The van der Waals surface area contributed by atoms with Crippen molar-refractivity contribution in [2.24, 2.45) is 0 Å². The van der Waals surface area contributed by atoms with E-state index < -0.39 is 9.84 Å². The Hall–Kier alpha value is -0.870. The number of sulfone groups is 1. The summed E-state index contributed by atoms with van der Waals surface area (Å²) in [5, 5.41) is 11.6. The standard InChI is InChI=1S/C13H22N4O3S3/c1-4-14-12-15-16-13(22-12)21-9(3)11(18)17(5-2)10-6-7-23(19,20)8-10/h9-10H,4-8H2,1-3H3,(H,14,15)/t9-,10+/m0/s1. The first-order valence-corrected chi connectivity index (χ1v) is 11.1. The van der Waals surface area contributed by atoms with E-state index in [1.807, 2.05) is 20.8 Å². The molecule has 1 aromatic heterocycles. The number of thioether (sulfide) groups is 1. The summed E-state index contributed by atoms with van der Waals surface area (Å²) in [6.07, 6.45) is 0.530. The highest BCUT2D eigenvalue weighted by atomic mass is 32.2. The van der Waals surface area contributed by atoms with Gasteiger partial charge < -0.3 is 10.2 Å². The van der Waals surface area contributed by atoms with E-state index >= 15 is 0 Å². The molecule has 0 bridgehead atoms. The van der Waals surface area contributed by atoms with Crippen molar-refractivity contribution in [3.8, 4) is 0 Å². The van der Waals surface area contributed by atoms with E-state index in [2.05, 4.69) is 15.5 Å². The predicted octanol–water partition coefficient (Wildman–Crippen LogP) is 1.49. The number of carbonyl (C=O) groups excluding carboxylic acids is 1. The third kappa shape index (κ3) is 4.80. The lowest BCUT2D eigenvalue weighted by atomic mass is 10.2. The number of anilines is 1. The van der Waals surface area contributed by atoms with Crippen LogP contribution in [0.2, 0.25) is 0 Å². The molecule has 1 N–H and O–H groups in total. The van der Waals surface area contributed by atoms with Crippen molar-refractivity contribution in [3.05, 3.63) is 0 Å². The SMILES string of the molecule is CCNc1nnc(S[C@@H](C)C(=O)N(CC)[C@@H]2CCS(=O)(=O)C2)s1. The minimum Gasteiger partial charge on any atom is -0.360 e. The predicted molar refractivity (Wildman–Crippen MR) is 93.8 cm³/mol. The minimum absolute atomic E-state index is 0.0419. The summed E-state index contributed by atoms with van der Waals surface area (Å²) < 4.78 is 24.0. The molecule has 1 aliphatic rings. The number of hydrogen-bond donors (Lipinski definition) is 1. The molecule has 1 aromatic rings. The average molecular weight is 379 g/mol. The van der Waals surface area contributed by atoms with Crippen molar-refractivity contribution >= 4 is 44.0 Å². The highest BCUT2D eigenvalue weighted by Gasteiger charge is 2.35. The van der Waals surface area contributed by atoms with Crippen LogP contribution in [0, 0.1) is 0 Å². The molecule has 0 aliphatic carbocycles. The van der Waals surface area contributed by atoms with E-state index in [0.717, 1.165) is 16.0 Å².